The summed E-state index contributed by atoms with van der Waals surface area (Å²) in [6.07, 6.45) is 4.56. The van der Waals surface area contributed by atoms with E-state index in [1.54, 1.807) is 11.1 Å². The summed E-state index contributed by atoms with van der Waals surface area (Å²) >= 11 is 0. The number of hydrogen-bond acceptors (Lipinski definition) is 2. The van der Waals surface area contributed by atoms with Crippen LogP contribution in [0.25, 0.3) is 0 Å². The van der Waals surface area contributed by atoms with Gasteiger partial charge in [-0.25, -0.2) is 0 Å². The molecule has 1 aromatic rings. The number of aromatic hydroxyl groups is 1. The molecule has 3 N–H and O–H groups in total. The third-order valence-electron chi connectivity index (χ3n) is 7.23. The average Bonchev–Trinajstić information content (AvgIpc) is 2.57. The summed E-state index contributed by atoms with van der Waals surface area (Å²) < 4.78 is 0. The molecule has 0 aliphatic heterocycles. The van der Waals surface area contributed by atoms with Crippen LogP contribution in [0.1, 0.15) is 51.2 Å². The first-order chi connectivity index (χ1) is 9.92. The number of nitrogens with two attached hydrogens (primary N) is 1. The van der Waals surface area contributed by atoms with E-state index in [4.69, 9.17) is 5.73 Å². The molecule has 0 amide bonds. The molecule has 4 atom stereocenters. The zero-order chi connectivity index (χ0) is 15.0. The van der Waals surface area contributed by atoms with Crippen LogP contribution in [-0.2, 0) is 11.8 Å². The Hall–Kier alpha value is -1.28. The van der Waals surface area contributed by atoms with Crippen LogP contribution >= 0.6 is 0 Å². The fraction of sp³-hybridized carbons (Fsp3) is 0.579. The lowest BCUT2D eigenvalue weighted by Crippen LogP contribution is -2.60. The van der Waals surface area contributed by atoms with Gasteiger partial charge in [-0.15, -0.1) is 0 Å². The van der Waals surface area contributed by atoms with Crippen molar-refractivity contribution in [3.63, 3.8) is 0 Å². The molecule has 2 heteroatoms. The van der Waals surface area contributed by atoms with E-state index in [9.17, 15) is 5.11 Å². The molecule has 112 valence electrons. The SMILES string of the molecule is CC1=C(C)[C@]23CCc4cc(O)ccc4[C@]2(C)CC[C@H]1[C@H]3N. The van der Waals surface area contributed by atoms with Gasteiger partial charge in [0.2, 0.25) is 0 Å². The third kappa shape index (κ3) is 1.33. The molecule has 1 fully saturated rings. The van der Waals surface area contributed by atoms with E-state index in [1.807, 2.05) is 12.1 Å². The Morgan fingerprint density at radius 1 is 1.24 bits per heavy atom. The van der Waals surface area contributed by atoms with Crippen LogP contribution < -0.4 is 5.73 Å². The minimum atomic E-state index is 0.117. The average molecular weight is 283 g/mol. The molecule has 0 radical (unpaired) electrons. The van der Waals surface area contributed by atoms with E-state index in [2.05, 4.69) is 26.8 Å². The first kappa shape index (κ1) is 13.4. The molecule has 2 nitrogen and oxygen atoms in total. The zero-order valence-electron chi connectivity index (χ0n) is 13.2. The molecule has 3 aliphatic carbocycles. The Labute approximate surface area is 127 Å². The van der Waals surface area contributed by atoms with Crippen molar-refractivity contribution in [3.8, 4) is 5.75 Å². The van der Waals surface area contributed by atoms with Crippen molar-refractivity contribution in [1.29, 1.82) is 0 Å². The summed E-state index contributed by atoms with van der Waals surface area (Å²) in [6, 6.07) is 6.23. The Morgan fingerprint density at radius 2 is 2.00 bits per heavy atom. The topological polar surface area (TPSA) is 46.2 Å². The van der Waals surface area contributed by atoms with E-state index in [-0.39, 0.29) is 16.9 Å². The van der Waals surface area contributed by atoms with E-state index < -0.39 is 0 Å². The first-order valence-corrected chi connectivity index (χ1v) is 8.17. The number of aryl methyl sites for hydroxylation is 1. The second-order valence-electron chi connectivity index (χ2n) is 7.62. The standard InChI is InChI=1S/C19H25NO/c1-11-12(2)19-9-6-13-10-14(21)4-5-16(13)18(19,3)8-7-15(11)17(19)20/h4-5,10,15,17,21H,6-9,20H2,1-3H3/t15-,17-,18+,19+/m1/s1. The third-order valence-corrected chi connectivity index (χ3v) is 7.23. The van der Waals surface area contributed by atoms with Crippen LogP contribution in [0.4, 0.5) is 0 Å². The Morgan fingerprint density at radius 3 is 2.76 bits per heavy atom. The quantitative estimate of drug-likeness (QED) is 0.714. The molecular formula is C19H25NO. The number of benzene rings is 1. The summed E-state index contributed by atoms with van der Waals surface area (Å²) in [4.78, 5) is 0. The van der Waals surface area contributed by atoms with Crippen LogP contribution in [0.5, 0.6) is 5.75 Å². The molecular weight excluding hydrogens is 258 g/mol. The van der Waals surface area contributed by atoms with Crippen molar-refractivity contribution in [2.24, 2.45) is 17.1 Å². The van der Waals surface area contributed by atoms with Crippen molar-refractivity contribution >= 4 is 0 Å². The van der Waals surface area contributed by atoms with Crippen LogP contribution in [0.15, 0.2) is 29.3 Å². The summed E-state index contributed by atoms with van der Waals surface area (Å²) in [5, 5.41) is 9.81. The highest BCUT2D eigenvalue weighted by Crippen LogP contribution is 2.67. The van der Waals surface area contributed by atoms with Gasteiger partial charge in [-0.05, 0) is 68.7 Å². The number of fused-ring (bicyclic) bond motifs is 3. The molecule has 1 spiro atoms. The highest BCUT2D eigenvalue weighted by atomic mass is 16.3. The van der Waals surface area contributed by atoms with Crippen LogP contribution in [0, 0.1) is 11.3 Å². The van der Waals surface area contributed by atoms with Crippen molar-refractivity contribution in [1.82, 2.24) is 0 Å². The minimum Gasteiger partial charge on any atom is -0.508 e. The van der Waals surface area contributed by atoms with E-state index >= 15 is 0 Å². The highest BCUT2D eigenvalue weighted by molar-refractivity contribution is 5.51. The molecule has 21 heavy (non-hydrogen) atoms. The largest absolute Gasteiger partial charge is 0.508 e. The summed E-state index contributed by atoms with van der Waals surface area (Å²) in [6.45, 7) is 7.04. The van der Waals surface area contributed by atoms with Gasteiger partial charge < -0.3 is 10.8 Å². The Kier molecular flexibility index (Phi) is 2.50. The second-order valence-corrected chi connectivity index (χ2v) is 7.62. The normalized spacial score (nSPS) is 41.0. The molecule has 0 aromatic heterocycles. The van der Waals surface area contributed by atoms with Gasteiger partial charge in [-0.3, -0.25) is 0 Å². The van der Waals surface area contributed by atoms with Crippen LogP contribution in [-0.4, -0.2) is 11.1 Å². The Bertz CT molecular complexity index is 662. The van der Waals surface area contributed by atoms with Crippen molar-refractivity contribution in [2.75, 3.05) is 0 Å². The number of hydrogen-bond donors (Lipinski definition) is 2. The lowest BCUT2D eigenvalue weighted by Gasteiger charge is -2.58. The van der Waals surface area contributed by atoms with Crippen molar-refractivity contribution in [2.45, 2.75) is 57.9 Å². The highest BCUT2D eigenvalue weighted by Gasteiger charge is 2.63. The van der Waals surface area contributed by atoms with E-state index in [1.165, 1.54) is 24.0 Å². The molecule has 4 rings (SSSR count). The van der Waals surface area contributed by atoms with Gasteiger partial charge in [0.05, 0.1) is 0 Å². The summed E-state index contributed by atoms with van der Waals surface area (Å²) in [7, 11) is 0. The predicted octanol–water partition coefficient (Wildman–Crippen LogP) is 3.67. The number of phenolic OH excluding ortho intramolecular Hbond substituents is 1. The number of rotatable bonds is 0. The van der Waals surface area contributed by atoms with E-state index in [0.717, 1.165) is 12.8 Å². The fourth-order valence-corrected chi connectivity index (χ4v) is 6.00. The molecule has 0 heterocycles. The molecule has 1 aromatic carbocycles. The Balaban J connectivity index is 1.98. The van der Waals surface area contributed by atoms with Gasteiger partial charge in [-0.1, -0.05) is 24.1 Å². The van der Waals surface area contributed by atoms with Gasteiger partial charge in [-0.2, -0.15) is 0 Å². The smallest absolute Gasteiger partial charge is 0.115 e. The van der Waals surface area contributed by atoms with Gasteiger partial charge >= 0.3 is 0 Å². The minimum absolute atomic E-state index is 0.117. The first-order valence-electron chi connectivity index (χ1n) is 8.17. The maximum absolute atomic E-state index is 9.81. The monoisotopic (exact) mass is 283 g/mol. The second kappa shape index (κ2) is 3.92. The number of phenols is 1. The molecule has 0 unspecified atom stereocenters. The van der Waals surface area contributed by atoms with Crippen LogP contribution in [0.2, 0.25) is 0 Å². The van der Waals surface area contributed by atoms with Crippen molar-refractivity contribution < 1.29 is 5.11 Å². The molecule has 0 saturated heterocycles. The van der Waals surface area contributed by atoms with Gasteiger partial charge in [0.15, 0.2) is 0 Å². The van der Waals surface area contributed by atoms with Crippen LogP contribution in [0.3, 0.4) is 0 Å². The lowest BCUT2D eigenvalue weighted by atomic mass is 9.47. The molecule has 2 bridgehead atoms. The van der Waals surface area contributed by atoms with E-state index in [0.29, 0.717) is 11.7 Å². The van der Waals surface area contributed by atoms with Gasteiger partial charge in [0.1, 0.15) is 5.75 Å². The summed E-state index contributed by atoms with van der Waals surface area (Å²) in [5.74, 6) is 0.970. The maximum atomic E-state index is 9.81. The molecule has 1 saturated carbocycles. The fourth-order valence-electron chi connectivity index (χ4n) is 6.00. The lowest BCUT2D eigenvalue weighted by molar-refractivity contribution is 0.0574. The molecule has 3 aliphatic rings. The van der Waals surface area contributed by atoms with Gasteiger partial charge in [0, 0.05) is 16.9 Å². The predicted molar refractivity (Wildman–Crippen MR) is 85.3 cm³/mol. The zero-order valence-corrected chi connectivity index (χ0v) is 13.2. The maximum Gasteiger partial charge on any atom is 0.115 e. The van der Waals surface area contributed by atoms with Crippen molar-refractivity contribution in [3.05, 3.63) is 40.5 Å². The van der Waals surface area contributed by atoms with Gasteiger partial charge in [0.25, 0.3) is 0 Å². The summed E-state index contributed by atoms with van der Waals surface area (Å²) in [5.41, 5.74) is 12.9.